The largest absolute Gasteiger partial charge is 0.467 e. The minimum atomic E-state index is -1.43. The fourth-order valence-electron chi connectivity index (χ4n) is 6.18. The zero-order chi connectivity index (χ0) is 47.9. The van der Waals surface area contributed by atoms with Crippen LogP contribution in [0.3, 0.4) is 0 Å². The van der Waals surface area contributed by atoms with E-state index in [0.29, 0.717) is 77.6 Å². The highest BCUT2D eigenvalue weighted by Gasteiger charge is 2.37. The summed E-state index contributed by atoms with van der Waals surface area (Å²) in [5.41, 5.74) is -1.43. The lowest BCUT2D eigenvalue weighted by atomic mass is 9.92. The maximum atomic E-state index is 12.8. The Balaban J connectivity index is 5.10. The van der Waals surface area contributed by atoms with Crippen LogP contribution in [0.25, 0.3) is 0 Å². The lowest BCUT2D eigenvalue weighted by Crippen LogP contribution is -2.43. The molecular formula is C51H84O14. The van der Waals surface area contributed by atoms with Crippen molar-refractivity contribution in [2.24, 2.45) is 5.41 Å². The van der Waals surface area contributed by atoms with Crippen LogP contribution in [0.5, 0.6) is 0 Å². The van der Waals surface area contributed by atoms with E-state index in [2.05, 4.69) is 39.0 Å². The van der Waals surface area contributed by atoms with Crippen molar-refractivity contribution >= 4 is 42.3 Å². The molecule has 0 saturated carbocycles. The Morgan fingerprint density at radius 3 is 0.862 bits per heavy atom. The number of rotatable bonds is 45. The first-order valence-electron chi connectivity index (χ1n) is 24.5. The molecule has 0 aromatic rings. The number of esters is 6. The van der Waals surface area contributed by atoms with Crippen LogP contribution in [0, 0.1) is 5.41 Å². The number of carbonyl (C=O) groups is 7. The van der Waals surface area contributed by atoms with Gasteiger partial charge in [0.15, 0.2) is 0 Å². The van der Waals surface area contributed by atoms with Gasteiger partial charge >= 0.3 is 35.8 Å². The fourth-order valence-corrected chi connectivity index (χ4v) is 6.18. The highest BCUT2D eigenvalue weighted by molar-refractivity contribution is 5.72. The molecule has 0 spiro atoms. The number of hydrogen-bond acceptors (Lipinski definition) is 14. The molecule has 0 aromatic carbocycles. The molecule has 0 unspecified atom stereocenters. The molecule has 65 heavy (non-hydrogen) atoms. The van der Waals surface area contributed by atoms with E-state index in [1.165, 1.54) is 38.5 Å². The molecule has 14 nitrogen and oxygen atoms in total. The van der Waals surface area contributed by atoms with Crippen molar-refractivity contribution in [2.75, 3.05) is 46.2 Å². The summed E-state index contributed by atoms with van der Waals surface area (Å²) in [4.78, 5) is 86.2. The van der Waals surface area contributed by atoms with Crippen molar-refractivity contribution in [3.63, 3.8) is 0 Å². The molecule has 0 aliphatic heterocycles. The fraction of sp³-hybridized carbons (Fsp3) is 0.745. The van der Waals surface area contributed by atoms with Crippen LogP contribution in [0.2, 0.25) is 0 Å². The molecule has 0 atom stereocenters. The second kappa shape index (κ2) is 44.7. The Labute approximate surface area is 390 Å². The average Bonchev–Trinajstić information content (AvgIpc) is 3.30. The van der Waals surface area contributed by atoms with Gasteiger partial charge in [-0.05, 0) is 96.3 Å². The smallest absolute Gasteiger partial charge is 0.305 e. The van der Waals surface area contributed by atoms with Crippen LogP contribution in [0.15, 0.2) is 36.5 Å². The van der Waals surface area contributed by atoms with E-state index in [0.717, 1.165) is 38.5 Å². The Morgan fingerprint density at radius 2 is 0.600 bits per heavy atom. The van der Waals surface area contributed by atoms with Gasteiger partial charge < -0.3 is 33.2 Å². The lowest BCUT2D eigenvalue weighted by molar-refractivity contribution is -0.168. The van der Waals surface area contributed by atoms with Crippen LogP contribution in [-0.4, -0.2) is 88.5 Å². The summed E-state index contributed by atoms with van der Waals surface area (Å²) in [6.07, 6.45) is 30.4. The molecule has 0 fully saturated rings. The van der Waals surface area contributed by atoms with E-state index in [9.17, 15) is 33.6 Å². The van der Waals surface area contributed by atoms with Gasteiger partial charge in [-0.3, -0.25) is 33.6 Å². The van der Waals surface area contributed by atoms with Gasteiger partial charge in [0, 0.05) is 38.5 Å². The van der Waals surface area contributed by atoms with E-state index in [1.54, 1.807) is 0 Å². The van der Waals surface area contributed by atoms with Crippen molar-refractivity contribution < 1.29 is 66.7 Å². The van der Waals surface area contributed by atoms with Crippen molar-refractivity contribution in [1.29, 1.82) is 0 Å². The summed E-state index contributed by atoms with van der Waals surface area (Å²) in [6, 6.07) is 0. The number of ether oxygens (including phenoxy) is 7. The first-order chi connectivity index (χ1) is 31.6. The Kier molecular flexibility index (Phi) is 41.6. The zero-order valence-corrected chi connectivity index (χ0v) is 40.3. The number of allylic oxidation sites excluding steroid dienone is 3. The highest BCUT2D eigenvalue weighted by atomic mass is 16.6. The van der Waals surface area contributed by atoms with Crippen LogP contribution in [0.1, 0.15) is 194 Å². The molecule has 372 valence electrons. The van der Waals surface area contributed by atoms with Crippen molar-refractivity contribution in [1.82, 2.24) is 0 Å². The maximum absolute atomic E-state index is 12.8. The van der Waals surface area contributed by atoms with Crippen LogP contribution in [-0.2, 0) is 66.7 Å². The number of hydrogen-bond donors (Lipinski definition) is 0. The van der Waals surface area contributed by atoms with Gasteiger partial charge in [0.2, 0.25) is 0 Å². The van der Waals surface area contributed by atoms with E-state index in [4.69, 9.17) is 33.2 Å². The van der Waals surface area contributed by atoms with E-state index in [-0.39, 0.29) is 62.9 Å². The molecule has 0 saturated heterocycles. The summed E-state index contributed by atoms with van der Waals surface area (Å²) in [5.74, 6) is -2.86. The van der Waals surface area contributed by atoms with E-state index < -0.39 is 49.8 Å². The van der Waals surface area contributed by atoms with Gasteiger partial charge in [-0.15, -0.1) is 0 Å². The normalized spacial score (nSPS) is 11.5. The third kappa shape index (κ3) is 40.7. The third-order valence-electron chi connectivity index (χ3n) is 10.2. The third-order valence-corrected chi connectivity index (χ3v) is 10.2. The summed E-state index contributed by atoms with van der Waals surface area (Å²) >= 11 is 0. The Morgan fingerprint density at radius 1 is 0.338 bits per heavy atom. The van der Waals surface area contributed by atoms with Crippen LogP contribution in [0.4, 0.5) is 0 Å². The number of unbranched alkanes of at least 4 members (excludes halogenated alkanes) is 12. The standard InChI is InChI=1S/C51H84O14/c1-4-7-10-13-16-19-28-37-60-45(53)31-22-25-34-48(56)63-41-51(40-59-44-52,42-64-49(57)35-26-23-32-46(54)61-38-29-20-17-14-11-8-5-2)43-65-50(58)36-27-24-33-47(55)62-39-30-21-18-15-12-9-6-3/h16-21,44H,4-15,22-43H2,1-3H3/b19-16-,20-17-,21-18-. The molecule has 0 bridgehead atoms. The first kappa shape index (κ1) is 60.5. The molecular weight excluding hydrogens is 837 g/mol. The van der Waals surface area contributed by atoms with Gasteiger partial charge in [0.1, 0.15) is 31.8 Å². The molecule has 0 heterocycles. The minimum absolute atomic E-state index is 0.0195. The molecule has 0 radical (unpaired) electrons. The predicted octanol–water partition coefficient (Wildman–Crippen LogP) is 10.7. The Hall–Kier alpha value is -4.49. The highest BCUT2D eigenvalue weighted by Crippen LogP contribution is 2.23. The molecule has 0 aliphatic rings. The lowest BCUT2D eigenvalue weighted by Gasteiger charge is -2.31. The predicted molar refractivity (Wildman–Crippen MR) is 249 cm³/mol. The van der Waals surface area contributed by atoms with Crippen LogP contribution < -0.4 is 0 Å². The van der Waals surface area contributed by atoms with Gasteiger partial charge in [0.25, 0.3) is 6.47 Å². The monoisotopic (exact) mass is 921 g/mol. The summed E-state index contributed by atoms with van der Waals surface area (Å²) in [5, 5.41) is 0. The van der Waals surface area contributed by atoms with Gasteiger partial charge in [-0.1, -0.05) is 95.8 Å². The summed E-state index contributed by atoms with van der Waals surface area (Å²) in [6.45, 7) is 5.92. The molecule has 0 aliphatic carbocycles. The average molecular weight is 921 g/mol. The van der Waals surface area contributed by atoms with Crippen molar-refractivity contribution in [3.05, 3.63) is 36.5 Å². The molecule has 0 N–H and O–H groups in total. The van der Waals surface area contributed by atoms with Gasteiger partial charge in [-0.25, -0.2) is 0 Å². The second-order valence-electron chi connectivity index (χ2n) is 16.4. The van der Waals surface area contributed by atoms with Crippen molar-refractivity contribution in [2.45, 2.75) is 194 Å². The summed E-state index contributed by atoms with van der Waals surface area (Å²) < 4.78 is 37.5. The minimum Gasteiger partial charge on any atom is -0.467 e. The van der Waals surface area contributed by atoms with E-state index in [1.807, 2.05) is 18.2 Å². The zero-order valence-electron chi connectivity index (χ0n) is 40.3. The SMILES string of the molecule is CCCCC/C=C\CCOC(=O)CCCCC(=O)OCC(COC=O)(COC(=O)CCCCC(=O)OCC/C=C\CCCCC)COC(=O)CCCCC(=O)OCC/C=C\CCCCC. The van der Waals surface area contributed by atoms with Gasteiger partial charge in [-0.2, -0.15) is 0 Å². The van der Waals surface area contributed by atoms with E-state index >= 15 is 0 Å². The Bertz CT molecular complexity index is 1200. The van der Waals surface area contributed by atoms with Gasteiger partial charge in [0.05, 0.1) is 19.8 Å². The summed E-state index contributed by atoms with van der Waals surface area (Å²) in [7, 11) is 0. The quantitative estimate of drug-likeness (QED) is 0.0185. The maximum Gasteiger partial charge on any atom is 0.305 e. The first-order valence-corrected chi connectivity index (χ1v) is 24.5. The van der Waals surface area contributed by atoms with Crippen molar-refractivity contribution in [3.8, 4) is 0 Å². The molecule has 14 heteroatoms. The number of carbonyl (C=O) groups excluding carboxylic acids is 7. The topological polar surface area (TPSA) is 184 Å². The molecule has 0 amide bonds. The van der Waals surface area contributed by atoms with Crippen LogP contribution >= 0.6 is 0 Å². The second-order valence-corrected chi connectivity index (χ2v) is 16.4. The molecule has 0 rings (SSSR count). The molecule has 0 aromatic heterocycles.